The first-order valence-electron chi connectivity index (χ1n) is 9.38. The highest BCUT2D eigenvalue weighted by molar-refractivity contribution is 5.80. The number of hydrogen-bond donors (Lipinski definition) is 1. The lowest BCUT2D eigenvalue weighted by Gasteiger charge is -2.28. The number of anilines is 1. The van der Waals surface area contributed by atoms with Crippen LogP contribution in [0.2, 0.25) is 0 Å². The van der Waals surface area contributed by atoms with Crippen molar-refractivity contribution in [1.29, 1.82) is 0 Å². The third-order valence-electron chi connectivity index (χ3n) is 5.68. The maximum atomic E-state index is 6.45. The van der Waals surface area contributed by atoms with Crippen molar-refractivity contribution in [2.24, 2.45) is 5.92 Å². The van der Waals surface area contributed by atoms with Gasteiger partial charge in [0.1, 0.15) is 0 Å². The van der Waals surface area contributed by atoms with E-state index in [1.807, 2.05) is 18.3 Å². The maximum Gasteiger partial charge on any atom is 0.213 e. The van der Waals surface area contributed by atoms with Crippen molar-refractivity contribution < 1.29 is 4.74 Å². The molecule has 132 valence electrons. The molecule has 4 nitrogen and oxygen atoms in total. The van der Waals surface area contributed by atoms with Gasteiger partial charge in [-0.1, -0.05) is 12.1 Å². The minimum Gasteiger partial charge on any atom is -0.477 e. The minimum atomic E-state index is 0.631. The predicted octanol–water partition coefficient (Wildman–Crippen LogP) is 3.54. The zero-order valence-corrected chi connectivity index (χ0v) is 15.0. The quantitative estimate of drug-likeness (QED) is 0.867. The van der Waals surface area contributed by atoms with E-state index in [1.165, 1.54) is 30.4 Å². The van der Waals surface area contributed by atoms with Crippen molar-refractivity contribution in [3.05, 3.63) is 41.6 Å². The van der Waals surface area contributed by atoms with Crippen molar-refractivity contribution >= 4 is 5.69 Å². The molecule has 2 heterocycles. The van der Waals surface area contributed by atoms with Crippen LogP contribution >= 0.6 is 0 Å². The number of likely N-dealkylation sites (tertiary alicyclic amines) is 1. The fourth-order valence-corrected chi connectivity index (χ4v) is 4.03. The van der Waals surface area contributed by atoms with Crippen LogP contribution in [0.5, 0.6) is 5.88 Å². The standard InChI is InChI=1S/C21H27N3O/c1-24-11-8-15(9-12-24)14-25-20-13-17(7-10-23-20)19-6-5-16-3-2-4-18(16)21(19)22/h5-7,10,13,15H,2-4,8-9,11-12,14,22H2,1H3. The number of benzene rings is 1. The highest BCUT2D eigenvalue weighted by Gasteiger charge is 2.19. The van der Waals surface area contributed by atoms with Crippen LogP contribution in [0.25, 0.3) is 11.1 Å². The van der Waals surface area contributed by atoms with Gasteiger partial charge in [-0.15, -0.1) is 0 Å². The fraction of sp³-hybridized carbons (Fsp3) is 0.476. The summed E-state index contributed by atoms with van der Waals surface area (Å²) in [6, 6.07) is 8.43. The van der Waals surface area contributed by atoms with Crippen molar-refractivity contribution in [3.8, 4) is 17.0 Å². The van der Waals surface area contributed by atoms with Gasteiger partial charge < -0.3 is 15.4 Å². The zero-order chi connectivity index (χ0) is 17.2. The van der Waals surface area contributed by atoms with E-state index in [9.17, 15) is 0 Å². The lowest BCUT2D eigenvalue weighted by molar-refractivity contribution is 0.157. The number of nitrogens with zero attached hydrogens (tertiary/aromatic N) is 2. The van der Waals surface area contributed by atoms with Gasteiger partial charge >= 0.3 is 0 Å². The molecule has 0 saturated carbocycles. The second-order valence-corrected chi connectivity index (χ2v) is 7.46. The minimum absolute atomic E-state index is 0.631. The summed E-state index contributed by atoms with van der Waals surface area (Å²) in [6.07, 6.45) is 7.69. The van der Waals surface area contributed by atoms with Crippen LogP contribution in [0.4, 0.5) is 5.69 Å². The van der Waals surface area contributed by atoms with Crippen LogP contribution in [0.3, 0.4) is 0 Å². The number of rotatable bonds is 4. The molecule has 0 radical (unpaired) electrons. The van der Waals surface area contributed by atoms with E-state index >= 15 is 0 Å². The molecule has 1 aliphatic heterocycles. The highest BCUT2D eigenvalue weighted by atomic mass is 16.5. The molecule has 25 heavy (non-hydrogen) atoms. The third kappa shape index (κ3) is 3.49. The van der Waals surface area contributed by atoms with Crippen LogP contribution in [-0.2, 0) is 12.8 Å². The smallest absolute Gasteiger partial charge is 0.213 e. The van der Waals surface area contributed by atoms with Crippen molar-refractivity contribution in [3.63, 3.8) is 0 Å². The summed E-state index contributed by atoms with van der Waals surface area (Å²) >= 11 is 0. The topological polar surface area (TPSA) is 51.4 Å². The molecule has 1 aromatic carbocycles. The Hall–Kier alpha value is -2.07. The fourth-order valence-electron chi connectivity index (χ4n) is 4.03. The maximum absolute atomic E-state index is 6.45. The summed E-state index contributed by atoms with van der Waals surface area (Å²) in [7, 11) is 2.18. The number of hydrogen-bond acceptors (Lipinski definition) is 4. The van der Waals surface area contributed by atoms with E-state index in [0.29, 0.717) is 11.8 Å². The average Bonchev–Trinajstić information content (AvgIpc) is 3.12. The number of piperidine rings is 1. The predicted molar refractivity (Wildman–Crippen MR) is 102 cm³/mol. The van der Waals surface area contributed by atoms with E-state index in [2.05, 4.69) is 29.1 Å². The van der Waals surface area contributed by atoms with Gasteiger partial charge in [-0.05, 0) is 80.9 Å². The summed E-state index contributed by atoms with van der Waals surface area (Å²) in [5.74, 6) is 1.34. The monoisotopic (exact) mass is 337 g/mol. The van der Waals surface area contributed by atoms with Crippen molar-refractivity contribution in [2.45, 2.75) is 32.1 Å². The van der Waals surface area contributed by atoms with Gasteiger partial charge in [-0.3, -0.25) is 0 Å². The second-order valence-electron chi connectivity index (χ2n) is 7.46. The van der Waals surface area contributed by atoms with Gasteiger partial charge in [0.15, 0.2) is 0 Å². The normalized spacial score (nSPS) is 18.3. The van der Waals surface area contributed by atoms with Crippen LogP contribution in [-0.4, -0.2) is 36.6 Å². The van der Waals surface area contributed by atoms with Gasteiger partial charge in [-0.25, -0.2) is 4.98 Å². The average molecular weight is 337 g/mol. The first kappa shape index (κ1) is 16.4. The van der Waals surface area contributed by atoms with E-state index in [1.54, 1.807) is 0 Å². The number of fused-ring (bicyclic) bond motifs is 1. The first-order valence-corrected chi connectivity index (χ1v) is 9.38. The van der Waals surface area contributed by atoms with Gasteiger partial charge in [0, 0.05) is 23.5 Å². The number of aryl methyl sites for hydroxylation is 1. The number of ether oxygens (including phenoxy) is 1. The zero-order valence-electron chi connectivity index (χ0n) is 15.0. The first-order chi connectivity index (χ1) is 12.2. The summed E-state index contributed by atoms with van der Waals surface area (Å²) in [5, 5.41) is 0. The molecule has 0 amide bonds. The summed E-state index contributed by atoms with van der Waals surface area (Å²) < 4.78 is 6.00. The molecule has 0 unspecified atom stereocenters. The molecule has 4 rings (SSSR count). The Balaban J connectivity index is 1.48. The van der Waals surface area contributed by atoms with Crippen molar-refractivity contribution in [1.82, 2.24) is 9.88 Å². The Bertz CT molecular complexity index is 751. The van der Waals surface area contributed by atoms with Gasteiger partial charge in [0.2, 0.25) is 5.88 Å². The summed E-state index contributed by atoms with van der Waals surface area (Å²) in [4.78, 5) is 6.77. The molecule has 0 bridgehead atoms. The third-order valence-corrected chi connectivity index (χ3v) is 5.68. The lowest BCUT2D eigenvalue weighted by Crippen LogP contribution is -2.32. The largest absolute Gasteiger partial charge is 0.477 e. The Morgan fingerprint density at radius 2 is 2.04 bits per heavy atom. The molecule has 2 aliphatic rings. The van der Waals surface area contributed by atoms with E-state index in [4.69, 9.17) is 10.5 Å². The number of pyridine rings is 1. The van der Waals surface area contributed by atoms with E-state index < -0.39 is 0 Å². The molecular formula is C21H27N3O. The Labute approximate surface area is 150 Å². The molecule has 1 fully saturated rings. The summed E-state index contributed by atoms with van der Waals surface area (Å²) in [5.41, 5.74) is 12.3. The SMILES string of the molecule is CN1CCC(COc2cc(-c3ccc4c(c3N)CCC4)ccn2)CC1. The van der Waals surface area contributed by atoms with E-state index in [0.717, 1.165) is 49.4 Å². The molecule has 4 heteroatoms. The van der Waals surface area contributed by atoms with Gasteiger partial charge in [-0.2, -0.15) is 0 Å². The number of nitrogen functional groups attached to an aromatic ring is 1. The molecule has 2 aromatic rings. The van der Waals surface area contributed by atoms with E-state index in [-0.39, 0.29) is 0 Å². The van der Waals surface area contributed by atoms with Crippen LogP contribution in [0.15, 0.2) is 30.5 Å². The molecule has 1 aromatic heterocycles. The molecular weight excluding hydrogens is 310 g/mol. The Morgan fingerprint density at radius 3 is 2.88 bits per heavy atom. The van der Waals surface area contributed by atoms with Gasteiger partial charge in [0.25, 0.3) is 0 Å². The molecule has 0 spiro atoms. The van der Waals surface area contributed by atoms with Crippen LogP contribution in [0, 0.1) is 5.92 Å². The Kier molecular flexibility index (Phi) is 4.62. The second kappa shape index (κ2) is 7.04. The highest BCUT2D eigenvalue weighted by Crippen LogP contribution is 2.36. The number of nitrogens with two attached hydrogens (primary N) is 1. The Morgan fingerprint density at radius 1 is 1.20 bits per heavy atom. The van der Waals surface area contributed by atoms with Crippen molar-refractivity contribution in [2.75, 3.05) is 32.5 Å². The molecule has 2 N–H and O–H groups in total. The van der Waals surface area contributed by atoms with Crippen LogP contribution in [0.1, 0.15) is 30.4 Å². The summed E-state index contributed by atoms with van der Waals surface area (Å²) in [6.45, 7) is 3.07. The molecule has 1 aliphatic carbocycles. The van der Waals surface area contributed by atoms with Gasteiger partial charge in [0.05, 0.1) is 6.61 Å². The van der Waals surface area contributed by atoms with Crippen LogP contribution < -0.4 is 10.5 Å². The lowest BCUT2D eigenvalue weighted by atomic mass is 9.98. The number of aromatic nitrogens is 1. The molecule has 0 atom stereocenters. The molecule has 1 saturated heterocycles.